The van der Waals surface area contributed by atoms with Crippen LogP contribution in [0.5, 0.6) is 5.88 Å². The van der Waals surface area contributed by atoms with Crippen molar-refractivity contribution in [3.63, 3.8) is 0 Å². The zero-order valence-electron chi connectivity index (χ0n) is 35.5. The Morgan fingerprint density at radius 2 is 1.82 bits per heavy atom. The maximum absolute atomic E-state index is 14.3. The van der Waals surface area contributed by atoms with Crippen LogP contribution in [0.25, 0.3) is 22.2 Å². The molecule has 2 fully saturated rings. The number of aromatic nitrogens is 2. The molecule has 3 N–H and O–H groups in total. The number of fused-ring (bicyclic) bond motifs is 2. The number of nitrogens with zero attached hydrogens (tertiary/aromatic N) is 4. The number of ether oxygens (including phenoxy) is 4. The minimum atomic E-state index is -4.59. The molecule has 0 bridgehead atoms. The Bertz CT molecular complexity index is 2840. The van der Waals surface area contributed by atoms with Crippen LogP contribution in [0.1, 0.15) is 47.2 Å². The Morgan fingerprint density at radius 3 is 2.57 bits per heavy atom. The van der Waals surface area contributed by atoms with Crippen molar-refractivity contribution in [1.29, 1.82) is 0 Å². The Morgan fingerprint density at radius 1 is 0.969 bits per heavy atom. The molecule has 18 heteroatoms. The van der Waals surface area contributed by atoms with E-state index in [9.17, 15) is 23.3 Å². The molecular formula is C47H48ClN7O9S. The minimum absolute atomic E-state index is 0.0912. The Labute approximate surface area is 380 Å². The van der Waals surface area contributed by atoms with E-state index in [4.69, 9.17) is 30.5 Å². The van der Waals surface area contributed by atoms with Crippen molar-refractivity contribution in [1.82, 2.24) is 19.6 Å². The number of nitro groups is 1. The van der Waals surface area contributed by atoms with Crippen molar-refractivity contribution in [3.8, 4) is 5.88 Å². The van der Waals surface area contributed by atoms with Gasteiger partial charge in [0, 0.05) is 54.3 Å². The lowest BCUT2D eigenvalue weighted by molar-refractivity contribution is -0.384. The third-order valence-electron chi connectivity index (χ3n) is 13.0. The molecule has 1 unspecified atom stereocenters. The van der Waals surface area contributed by atoms with Crippen molar-refractivity contribution >= 4 is 72.5 Å². The van der Waals surface area contributed by atoms with Gasteiger partial charge in [-0.05, 0) is 96.5 Å². The molecule has 2 aromatic heterocycles. The quantitative estimate of drug-likeness (QED) is 0.0833. The van der Waals surface area contributed by atoms with Crippen LogP contribution >= 0.6 is 11.6 Å². The van der Waals surface area contributed by atoms with Gasteiger partial charge in [-0.25, -0.2) is 13.1 Å². The number of nitrogens with one attached hydrogen (secondary N) is 3. The average Bonchev–Trinajstić information content (AvgIpc) is 3.77. The number of amides is 1. The fourth-order valence-corrected chi connectivity index (χ4v) is 10.5. The van der Waals surface area contributed by atoms with E-state index >= 15 is 0 Å². The number of nitro benzene ring substituents is 1. The van der Waals surface area contributed by atoms with Crippen LogP contribution in [0.4, 0.5) is 22.7 Å². The van der Waals surface area contributed by atoms with E-state index in [0.717, 1.165) is 86.1 Å². The summed E-state index contributed by atoms with van der Waals surface area (Å²) in [5.41, 5.74) is 7.76. The molecule has 1 spiro atoms. The van der Waals surface area contributed by atoms with Crippen LogP contribution in [-0.2, 0) is 24.2 Å². The van der Waals surface area contributed by atoms with Gasteiger partial charge in [0.1, 0.15) is 23.6 Å². The van der Waals surface area contributed by atoms with Gasteiger partial charge in [0.25, 0.3) is 21.6 Å². The average molecular weight is 922 g/mol. The number of pyridine rings is 1. The van der Waals surface area contributed by atoms with Gasteiger partial charge in [-0.2, -0.15) is 4.98 Å². The lowest BCUT2D eigenvalue weighted by atomic mass is 9.68. The second-order valence-corrected chi connectivity index (χ2v) is 19.4. The molecule has 10 rings (SSSR count). The number of anilines is 3. The molecule has 5 aromatic rings. The number of halogens is 1. The molecule has 5 aliphatic rings. The van der Waals surface area contributed by atoms with Gasteiger partial charge in [-0.15, -0.1) is 0 Å². The highest BCUT2D eigenvalue weighted by Crippen LogP contribution is 2.48. The number of allylic oxidation sites excluding steroid dienone is 1. The van der Waals surface area contributed by atoms with Crippen molar-refractivity contribution in [2.75, 3.05) is 82.6 Å². The molecule has 3 aromatic carbocycles. The molecule has 0 radical (unpaired) electrons. The van der Waals surface area contributed by atoms with Crippen LogP contribution in [0, 0.1) is 15.5 Å². The summed E-state index contributed by atoms with van der Waals surface area (Å²) >= 11 is 6.28. The molecule has 1 amide bonds. The first-order valence-corrected chi connectivity index (χ1v) is 23.6. The summed E-state index contributed by atoms with van der Waals surface area (Å²) < 4.78 is 52.7. The van der Waals surface area contributed by atoms with Crippen molar-refractivity contribution in [2.45, 2.75) is 36.7 Å². The van der Waals surface area contributed by atoms with Gasteiger partial charge in [0.05, 0.1) is 66.8 Å². The molecule has 1 atom stereocenters. The number of sulfonamides is 1. The van der Waals surface area contributed by atoms with Gasteiger partial charge in [0.15, 0.2) is 0 Å². The van der Waals surface area contributed by atoms with Crippen LogP contribution in [0.3, 0.4) is 0 Å². The first-order valence-electron chi connectivity index (χ1n) is 21.8. The van der Waals surface area contributed by atoms with E-state index in [1.54, 1.807) is 12.3 Å². The number of aromatic amines is 1. The Kier molecular flexibility index (Phi) is 11.8. The lowest BCUT2D eigenvalue weighted by Gasteiger charge is -2.46. The maximum Gasteiger partial charge on any atom is 0.293 e. The van der Waals surface area contributed by atoms with Crippen LogP contribution in [-0.4, -0.2) is 113 Å². The van der Waals surface area contributed by atoms with Crippen molar-refractivity contribution in [2.24, 2.45) is 5.41 Å². The number of rotatable bonds is 12. The molecule has 6 heterocycles. The second kappa shape index (κ2) is 17.9. The molecular weight excluding hydrogens is 874 g/mol. The molecule has 2 saturated heterocycles. The van der Waals surface area contributed by atoms with Gasteiger partial charge >= 0.3 is 0 Å². The molecule has 1 aliphatic carbocycles. The summed E-state index contributed by atoms with van der Waals surface area (Å²) in [6, 6.07) is 20.9. The fourth-order valence-electron chi connectivity index (χ4n) is 9.41. The second-order valence-electron chi connectivity index (χ2n) is 17.3. The fraction of sp³-hybridized carbons (Fsp3) is 0.362. The summed E-state index contributed by atoms with van der Waals surface area (Å²) in [4.78, 5) is 37.5. The van der Waals surface area contributed by atoms with Gasteiger partial charge in [-0.1, -0.05) is 41.4 Å². The van der Waals surface area contributed by atoms with E-state index in [1.807, 2.05) is 41.3 Å². The first kappa shape index (κ1) is 43.1. The molecule has 0 saturated carbocycles. The minimum Gasteiger partial charge on any atom is -0.474 e. The number of benzene rings is 3. The predicted molar refractivity (Wildman–Crippen MR) is 246 cm³/mol. The van der Waals surface area contributed by atoms with E-state index in [1.165, 1.54) is 28.8 Å². The topological polar surface area (TPSA) is 190 Å². The highest BCUT2D eigenvalue weighted by atomic mass is 35.5. The number of carbonyl (C=O) groups excluding carboxylic acids is 1. The molecule has 338 valence electrons. The van der Waals surface area contributed by atoms with Gasteiger partial charge in [-0.3, -0.25) is 19.8 Å². The van der Waals surface area contributed by atoms with Crippen molar-refractivity contribution < 1.29 is 37.1 Å². The SMILES string of the molecule is O=C(NS(=O)(=O)c1ccc(NCC2COCCO2)c([N+](=O)[O-])c1)c1ccc(C2=CCN(CC3=C(c4ccc(Cl)cc4)CC4(CC3)COC4)CC2)cc1N1CCOc2nc3[nH]ccc3cc21. The lowest BCUT2D eigenvalue weighted by Crippen LogP contribution is -2.45. The van der Waals surface area contributed by atoms with Crippen LogP contribution in [0.15, 0.2) is 95.5 Å². The molecule has 16 nitrogen and oxygen atoms in total. The number of hydrogen-bond donors (Lipinski definition) is 3. The summed E-state index contributed by atoms with van der Waals surface area (Å²) in [6.45, 7) is 6.05. The third kappa shape index (κ3) is 8.96. The summed E-state index contributed by atoms with van der Waals surface area (Å²) in [7, 11) is -4.59. The zero-order valence-corrected chi connectivity index (χ0v) is 37.1. The number of carbonyl (C=O) groups is 1. The highest BCUT2D eigenvalue weighted by Gasteiger charge is 2.42. The van der Waals surface area contributed by atoms with E-state index in [-0.39, 0.29) is 35.9 Å². The van der Waals surface area contributed by atoms with Crippen LogP contribution < -0.4 is 19.7 Å². The standard InChI is InChI=1S/C47H48ClN7O9S/c48-35-4-1-31(2-5-35)39-24-47(28-62-29-47)13-9-34(39)26-53-15-11-30(12-16-53)32-3-7-38(41(21-32)54-17-18-64-46-43(54)22-33-10-14-49-44(33)51-46)45(56)52-65(59,60)37-6-8-40(42(23-37)55(57)58)50-25-36-27-61-19-20-63-36/h1-8,10-11,14,21-23,36,50H,9,12-13,15-20,24-29H2,(H,49,51)(H,52,56). The predicted octanol–water partition coefficient (Wildman–Crippen LogP) is 7.34. The number of H-pyrrole nitrogens is 1. The van der Waals surface area contributed by atoms with E-state index in [0.29, 0.717) is 49.3 Å². The normalized spacial score (nSPS) is 19.9. The Balaban J connectivity index is 0.928. The van der Waals surface area contributed by atoms with Gasteiger partial charge < -0.3 is 34.1 Å². The maximum atomic E-state index is 14.3. The zero-order chi connectivity index (χ0) is 44.7. The third-order valence-corrected chi connectivity index (χ3v) is 14.6. The first-order chi connectivity index (χ1) is 31.5. The molecule has 65 heavy (non-hydrogen) atoms. The number of hydrogen-bond acceptors (Lipinski definition) is 13. The summed E-state index contributed by atoms with van der Waals surface area (Å²) in [5, 5.41) is 16.7. The van der Waals surface area contributed by atoms with Crippen LogP contribution in [0.2, 0.25) is 5.02 Å². The summed E-state index contributed by atoms with van der Waals surface area (Å²) in [6.07, 6.45) is 7.59. The smallest absolute Gasteiger partial charge is 0.293 e. The summed E-state index contributed by atoms with van der Waals surface area (Å²) in [5.74, 6) is -0.525. The van der Waals surface area contributed by atoms with Crippen molar-refractivity contribution in [3.05, 3.63) is 122 Å². The van der Waals surface area contributed by atoms with E-state index in [2.05, 4.69) is 43.1 Å². The monoisotopic (exact) mass is 921 g/mol. The Hall–Kier alpha value is -5.82. The molecule has 4 aliphatic heterocycles. The highest BCUT2D eigenvalue weighted by molar-refractivity contribution is 7.90. The van der Waals surface area contributed by atoms with Gasteiger partial charge in [0.2, 0.25) is 5.88 Å². The largest absolute Gasteiger partial charge is 0.474 e. The van der Waals surface area contributed by atoms with E-state index < -0.39 is 31.4 Å².